The van der Waals surface area contributed by atoms with Crippen molar-refractivity contribution < 1.29 is 25.9 Å². The molecule has 0 saturated heterocycles. The molecule has 4 N–H and O–H groups in total. The predicted molar refractivity (Wildman–Crippen MR) is 157 cm³/mol. The molecule has 0 radical (unpaired) electrons. The van der Waals surface area contributed by atoms with E-state index in [4.69, 9.17) is 14.8 Å². The predicted octanol–water partition coefficient (Wildman–Crippen LogP) is 4.81. The van der Waals surface area contributed by atoms with E-state index >= 15 is 0 Å². The molecule has 0 amide bonds. The fourth-order valence-electron chi connectivity index (χ4n) is 3.64. The van der Waals surface area contributed by atoms with Crippen molar-refractivity contribution in [1.29, 1.82) is 0 Å². The van der Waals surface area contributed by atoms with Crippen molar-refractivity contribution in [3.8, 4) is 0 Å². The lowest BCUT2D eigenvalue weighted by Crippen LogP contribution is -2.21. The second-order valence-corrected chi connectivity index (χ2v) is 12.4. The summed E-state index contributed by atoms with van der Waals surface area (Å²) in [5.41, 5.74) is 8.92. The molecule has 11 nitrogen and oxygen atoms in total. The Labute approximate surface area is 239 Å². The SMILES string of the molecule is CC[C@H](C)[C@H](N)c1nnc2c3ccccc3cnn12.Cc1ccc(S(=O)(=O)O)cc1.Cc1ccc(S(=O)(=O)O)cc1. The van der Waals surface area contributed by atoms with Gasteiger partial charge < -0.3 is 5.73 Å². The third-order valence-corrected chi connectivity index (χ3v) is 8.11. The summed E-state index contributed by atoms with van der Waals surface area (Å²) in [5, 5.41) is 15.0. The zero-order valence-electron chi connectivity index (χ0n) is 23.1. The topological polar surface area (TPSA) is 178 Å². The minimum Gasteiger partial charge on any atom is -0.321 e. The number of aryl methyl sites for hydroxylation is 2. The van der Waals surface area contributed by atoms with E-state index in [2.05, 4.69) is 29.1 Å². The molecule has 2 atom stereocenters. The molecule has 0 aliphatic carbocycles. The summed E-state index contributed by atoms with van der Waals surface area (Å²) in [5.74, 6) is 1.08. The molecule has 0 aliphatic rings. The van der Waals surface area contributed by atoms with Crippen LogP contribution in [0.5, 0.6) is 0 Å². The number of aromatic nitrogens is 4. The van der Waals surface area contributed by atoms with E-state index in [0.29, 0.717) is 5.92 Å². The second kappa shape index (κ2) is 13.3. The molecule has 5 rings (SSSR count). The highest BCUT2D eigenvalue weighted by atomic mass is 32.2. The Kier molecular flexibility index (Phi) is 10.3. The summed E-state index contributed by atoms with van der Waals surface area (Å²) < 4.78 is 60.9. The van der Waals surface area contributed by atoms with Gasteiger partial charge in [0.2, 0.25) is 0 Å². The van der Waals surface area contributed by atoms with Crippen LogP contribution in [0.2, 0.25) is 0 Å². The number of rotatable bonds is 5. The van der Waals surface area contributed by atoms with Crippen LogP contribution >= 0.6 is 0 Å². The molecule has 0 aliphatic heterocycles. The average Bonchev–Trinajstić information content (AvgIpc) is 3.37. The van der Waals surface area contributed by atoms with E-state index in [1.54, 1.807) is 28.8 Å². The fraction of sp³-hybridized carbons (Fsp3) is 0.250. The molecule has 218 valence electrons. The molecule has 2 aromatic heterocycles. The average molecular weight is 600 g/mol. The van der Waals surface area contributed by atoms with Gasteiger partial charge in [-0.3, -0.25) is 9.11 Å². The van der Waals surface area contributed by atoms with E-state index in [9.17, 15) is 16.8 Å². The monoisotopic (exact) mass is 599 g/mol. The number of nitrogens with zero attached hydrogens (tertiary/aromatic N) is 4. The van der Waals surface area contributed by atoms with Gasteiger partial charge in [0, 0.05) is 10.8 Å². The lowest BCUT2D eigenvalue weighted by molar-refractivity contribution is 0.432. The van der Waals surface area contributed by atoms with Crippen molar-refractivity contribution in [2.75, 3.05) is 0 Å². The molecule has 0 bridgehead atoms. The normalized spacial score (nSPS) is 13.0. The standard InChI is InChI=1S/C14H17N5.2C7H8O3S/c1-3-9(2)12(15)14-18-17-13-11-7-5-4-6-10(11)8-16-19(13)14;2*1-6-2-4-7(5-3-6)11(8,9)10/h4-9,12H,3,15H2,1-2H3;2*2-5H,1H3,(H,8,9,10)/t9-,12-;;/m0../s1. The molecule has 0 spiro atoms. The van der Waals surface area contributed by atoms with Gasteiger partial charge in [-0.1, -0.05) is 79.9 Å². The van der Waals surface area contributed by atoms with Crippen LogP contribution in [0.1, 0.15) is 43.3 Å². The minimum atomic E-state index is -4.02. The molecular formula is C28H33N5O6S2. The highest BCUT2D eigenvalue weighted by Gasteiger charge is 2.20. The van der Waals surface area contributed by atoms with Crippen molar-refractivity contribution in [1.82, 2.24) is 19.8 Å². The van der Waals surface area contributed by atoms with Gasteiger partial charge in [0.15, 0.2) is 11.5 Å². The quantitative estimate of drug-likeness (QED) is 0.238. The first kappa shape index (κ1) is 31.8. The van der Waals surface area contributed by atoms with Gasteiger partial charge in [-0.15, -0.1) is 10.2 Å². The molecule has 3 aromatic carbocycles. The van der Waals surface area contributed by atoms with Gasteiger partial charge in [-0.05, 0) is 44.0 Å². The summed E-state index contributed by atoms with van der Waals surface area (Å²) in [4.78, 5) is -0.133. The van der Waals surface area contributed by atoms with Gasteiger partial charge in [0.1, 0.15) is 0 Å². The maximum Gasteiger partial charge on any atom is 0.294 e. The Hall–Kier alpha value is -3.75. The van der Waals surface area contributed by atoms with Crippen LogP contribution in [0.3, 0.4) is 0 Å². The smallest absolute Gasteiger partial charge is 0.294 e. The van der Waals surface area contributed by atoms with E-state index < -0.39 is 20.2 Å². The lowest BCUT2D eigenvalue weighted by Gasteiger charge is -2.15. The lowest BCUT2D eigenvalue weighted by atomic mass is 10.00. The Morgan fingerprint density at radius 3 is 1.76 bits per heavy atom. The Bertz CT molecular complexity index is 1750. The van der Waals surface area contributed by atoms with Crippen molar-refractivity contribution >= 4 is 36.7 Å². The zero-order chi connectivity index (χ0) is 30.4. The largest absolute Gasteiger partial charge is 0.321 e. The van der Waals surface area contributed by atoms with Crippen LogP contribution in [0.25, 0.3) is 16.4 Å². The fourth-order valence-corrected chi connectivity index (χ4v) is 4.60. The van der Waals surface area contributed by atoms with Crippen molar-refractivity contribution in [3.63, 3.8) is 0 Å². The number of benzene rings is 3. The van der Waals surface area contributed by atoms with Crippen LogP contribution in [0.15, 0.2) is 88.8 Å². The van der Waals surface area contributed by atoms with E-state index in [1.165, 1.54) is 24.3 Å². The highest BCUT2D eigenvalue weighted by molar-refractivity contribution is 7.86. The van der Waals surface area contributed by atoms with Crippen LogP contribution in [-0.4, -0.2) is 45.8 Å². The number of hydrogen-bond donors (Lipinski definition) is 3. The number of hydrogen-bond acceptors (Lipinski definition) is 8. The molecule has 41 heavy (non-hydrogen) atoms. The maximum atomic E-state index is 10.5. The summed E-state index contributed by atoms with van der Waals surface area (Å²) >= 11 is 0. The highest BCUT2D eigenvalue weighted by Crippen LogP contribution is 2.23. The summed E-state index contributed by atoms with van der Waals surface area (Å²) in [6, 6.07) is 19.9. The Morgan fingerprint density at radius 2 is 1.29 bits per heavy atom. The van der Waals surface area contributed by atoms with E-state index in [1.807, 2.05) is 44.3 Å². The van der Waals surface area contributed by atoms with Crippen LogP contribution in [0.4, 0.5) is 0 Å². The van der Waals surface area contributed by atoms with Gasteiger partial charge in [0.05, 0.1) is 22.0 Å². The third-order valence-electron chi connectivity index (χ3n) is 6.37. The van der Waals surface area contributed by atoms with E-state index in [0.717, 1.165) is 39.8 Å². The van der Waals surface area contributed by atoms with Gasteiger partial charge in [0.25, 0.3) is 20.2 Å². The van der Waals surface area contributed by atoms with Crippen LogP contribution in [-0.2, 0) is 20.2 Å². The van der Waals surface area contributed by atoms with Gasteiger partial charge in [-0.25, -0.2) is 0 Å². The summed E-state index contributed by atoms with van der Waals surface area (Å²) in [6.07, 6.45) is 2.84. The van der Waals surface area contributed by atoms with Crippen molar-refractivity contribution in [2.45, 2.75) is 49.9 Å². The second-order valence-electron chi connectivity index (χ2n) is 9.51. The van der Waals surface area contributed by atoms with Crippen LogP contribution in [0, 0.1) is 19.8 Å². The van der Waals surface area contributed by atoms with Gasteiger partial charge >= 0.3 is 0 Å². The minimum absolute atomic E-state index is 0.0666. The molecule has 2 heterocycles. The Morgan fingerprint density at radius 1 is 0.805 bits per heavy atom. The zero-order valence-corrected chi connectivity index (χ0v) is 24.7. The summed E-state index contributed by atoms with van der Waals surface area (Å²) in [7, 11) is -8.04. The first-order valence-electron chi connectivity index (χ1n) is 12.6. The van der Waals surface area contributed by atoms with Crippen molar-refractivity contribution in [3.05, 3.63) is 95.9 Å². The first-order valence-corrected chi connectivity index (χ1v) is 15.5. The molecular weight excluding hydrogens is 566 g/mol. The molecule has 0 unspecified atom stereocenters. The van der Waals surface area contributed by atoms with Crippen LogP contribution < -0.4 is 5.73 Å². The summed E-state index contributed by atoms with van der Waals surface area (Å²) in [6.45, 7) is 7.92. The maximum absolute atomic E-state index is 10.5. The van der Waals surface area contributed by atoms with E-state index in [-0.39, 0.29) is 15.8 Å². The number of nitrogens with two attached hydrogens (primary N) is 1. The molecule has 0 saturated carbocycles. The van der Waals surface area contributed by atoms with Gasteiger partial charge in [-0.2, -0.15) is 26.4 Å². The molecule has 5 aromatic rings. The number of fused-ring (bicyclic) bond motifs is 3. The molecule has 0 fully saturated rings. The third kappa shape index (κ3) is 8.38. The first-order chi connectivity index (χ1) is 19.2. The molecule has 13 heteroatoms. The van der Waals surface area contributed by atoms with Crippen molar-refractivity contribution in [2.24, 2.45) is 11.7 Å². The Balaban J connectivity index is 0.000000181.